The summed E-state index contributed by atoms with van der Waals surface area (Å²) in [5, 5.41) is 4.47. The first-order valence-electron chi connectivity index (χ1n) is 6.15. The Morgan fingerprint density at radius 1 is 1.24 bits per heavy atom. The Kier molecular flexibility index (Phi) is 3.85. The number of aryl methyl sites for hydroxylation is 1. The van der Waals surface area contributed by atoms with Gasteiger partial charge < -0.3 is 0 Å². The molecule has 6 heteroatoms. The number of hydrogen-bond donors (Lipinski definition) is 0. The average molecular weight is 337 g/mol. The van der Waals surface area contributed by atoms with Crippen LogP contribution in [0, 0.1) is 6.92 Å². The lowest BCUT2D eigenvalue weighted by Crippen LogP contribution is -1.94. The van der Waals surface area contributed by atoms with Crippen LogP contribution in [0.15, 0.2) is 36.5 Å². The van der Waals surface area contributed by atoms with Gasteiger partial charge in [-0.05, 0) is 25.1 Å². The van der Waals surface area contributed by atoms with Crippen molar-refractivity contribution in [1.29, 1.82) is 0 Å². The van der Waals surface area contributed by atoms with E-state index in [1.807, 2.05) is 31.2 Å². The smallest absolute Gasteiger partial charge is 0.153 e. The summed E-state index contributed by atoms with van der Waals surface area (Å²) in [6, 6.07) is 9.60. The van der Waals surface area contributed by atoms with E-state index in [1.54, 1.807) is 16.9 Å². The van der Waals surface area contributed by atoms with Gasteiger partial charge in [-0.25, -0.2) is 4.68 Å². The fraction of sp³-hybridized carbons (Fsp3) is 0.0667. The third-order valence-electron chi connectivity index (χ3n) is 3.08. The first-order chi connectivity index (χ1) is 10.1. The van der Waals surface area contributed by atoms with Crippen molar-refractivity contribution in [3.05, 3.63) is 56.3 Å². The van der Waals surface area contributed by atoms with Gasteiger partial charge in [0.15, 0.2) is 6.29 Å². The summed E-state index contributed by atoms with van der Waals surface area (Å²) in [5.74, 6) is 0. The van der Waals surface area contributed by atoms with Gasteiger partial charge in [0.25, 0.3) is 0 Å². The number of benzene rings is 1. The lowest BCUT2D eigenvalue weighted by molar-refractivity contribution is 0.112. The number of nitrogens with zero attached hydrogens (tertiary/aromatic N) is 2. The third-order valence-corrected chi connectivity index (χ3v) is 4.57. The van der Waals surface area contributed by atoms with Crippen molar-refractivity contribution in [3.8, 4) is 16.9 Å². The Bertz CT molecular complexity index is 806. The van der Waals surface area contributed by atoms with Gasteiger partial charge in [-0.2, -0.15) is 5.10 Å². The maximum Gasteiger partial charge on any atom is 0.153 e. The summed E-state index contributed by atoms with van der Waals surface area (Å²) in [6.07, 6.45) is 2.46. The van der Waals surface area contributed by atoms with Gasteiger partial charge in [-0.1, -0.05) is 40.9 Å². The quantitative estimate of drug-likeness (QED) is 0.629. The molecule has 0 aliphatic carbocycles. The van der Waals surface area contributed by atoms with Crippen LogP contribution in [-0.2, 0) is 0 Å². The molecular formula is C15H10Cl2N2OS. The lowest BCUT2D eigenvalue weighted by atomic mass is 10.2. The van der Waals surface area contributed by atoms with E-state index >= 15 is 0 Å². The number of halogens is 2. The molecule has 0 aliphatic rings. The predicted octanol–water partition coefficient (Wildman–Crippen LogP) is 5.03. The van der Waals surface area contributed by atoms with Crippen LogP contribution in [0.3, 0.4) is 0 Å². The van der Waals surface area contributed by atoms with Crippen LogP contribution >= 0.6 is 34.5 Å². The highest BCUT2D eigenvalue weighted by Crippen LogP contribution is 2.38. The molecule has 0 amide bonds. The molecule has 2 aromatic heterocycles. The van der Waals surface area contributed by atoms with Gasteiger partial charge >= 0.3 is 0 Å². The van der Waals surface area contributed by atoms with E-state index in [9.17, 15) is 4.79 Å². The fourth-order valence-electron chi connectivity index (χ4n) is 2.01. The lowest BCUT2D eigenvalue weighted by Gasteiger charge is -2.01. The summed E-state index contributed by atoms with van der Waals surface area (Å²) in [7, 11) is 0. The van der Waals surface area contributed by atoms with Crippen molar-refractivity contribution in [2.75, 3.05) is 0 Å². The molecule has 0 fully saturated rings. The third kappa shape index (κ3) is 2.75. The number of hydrogen-bond acceptors (Lipinski definition) is 3. The number of carbonyl (C=O) groups excluding carboxylic acids is 1. The number of aromatic nitrogens is 2. The molecule has 106 valence electrons. The Morgan fingerprint density at radius 2 is 1.95 bits per heavy atom. The van der Waals surface area contributed by atoms with Crippen molar-refractivity contribution >= 4 is 40.8 Å². The van der Waals surface area contributed by atoms with E-state index in [0.29, 0.717) is 25.5 Å². The average Bonchev–Trinajstić information content (AvgIpc) is 3.02. The molecule has 0 aliphatic heterocycles. The van der Waals surface area contributed by atoms with E-state index < -0.39 is 0 Å². The maximum atomic E-state index is 11.3. The standard InChI is InChI=1S/C15H10Cl2N2OS/c1-9-2-4-11(5-3-9)19-7-10(8-20)14(18-19)12-6-13(16)21-15(12)17/h2-8H,1H3. The van der Waals surface area contributed by atoms with Crippen molar-refractivity contribution in [1.82, 2.24) is 9.78 Å². The normalized spacial score (nSPS) is 10.8. The zero-order chi connectivity index (χ0) is 15.0. The molecule has 0 bridgehead atoms. The summed E-state index contributed by atoms with van der Waals surface area (Å²) in [4.78, 5) is 11.3. The predicted molar refractivity (Wildman–Crippen MR) is 87.0 cm³/mol. The van der Waals surface area contributed by atoms with Gasteiger partial charge in [0, 0.05) is 11.8 Å². The topological polar surface area (TPSA) is 34.9 Å². The second kappa shape index (κ2) is 5.64. The van der Waals surface area contributed by atoms with Crippen molar-refractivity contribution in [2.45, 2.75) is 6.92 Å². The first kappa shape index (κ1) is 14.3. The molecule has 3 nitrogen and oxygen atoms in total. The van der Waals surface area contributed by atoms with Crippen molar-refractivity contribution in [2.24, 2.45) is 0 Å². The summed E-state index contributed by atoms with van der Waals surface area (Å²) < 4.78 is 2.76. The number of rotatable bonds is 3. The fourth-order valence-corrected chi connectivity index (χ4v) is 3.48. The second-order valence-electron chi connectivity index (χ2n) is 4.57. The largest absolute Gasteiger partial charge is 0.298 e. The molecule has 2 heterocycles. The van der Waals surface area contributed by atoms with Crippen molar-refractivity contribution in [3.63, 3.8) is 0 Å². The maximum absolute atomic E-state index is 11.3. The van der Waals surface area contributed by atoms with Crippen LogP contribution in [0.25, 0.3) is 16.9 Å². The van der Waals surface area contributed by atoms with Crippen LogP contribution in [-0.4, -0.2) is 16.1 Å². The minimum Gasteiger partial charge on any atom is -0.298 e. The minimum atomic E-state index is 0.479. The Labute approximate surface area is 135 Å². The molecule has 0 spiro atoms. The van der Waals surface area contributed by atoms with Crippen molar-refractivity contribution < 1.29 is 4.79 Å². The first-order valence-corrected chi connectivity index (χ1v) is 7.73. The Morgan fingerprint density at radius 3 is 2.52 bits per heavy atom. The Hall–Kier alpha value is -1.62. The summed E-state index contributed by atoms with van der Waals surface area (Å²) in [5.41, 5.74) is 3.74. The number of aldehydes is 1. The van der Waals surface area contributed by atoms with E-state index in [-0.39, 0.29) is 0 Å². The van der Waals surface area contributed by atoms with Gasteiger partial charge in [0.05, 0.1) is 15.6 Å². The summed E-state index contributed by atoms with van der Waals surface area (Å²) >= 11 is 13.4. The highest BCUT2D eigenvalue weighted by atomic mass is 35.5. The van der Waals surface area contributed by atoms with Crippen LogP contribution in [0.1, 0.15) is 15.9 Å². The molecule has 3 aromatic rings. The highest BCUT2D eigenvalue weighted by Gasteiger charge is 2.17. The molecule has 3 rings (SSSR count). The molecule has 0 unspecified atom stereocenters. The van der Waals surface area contributed by atoms with Crippen LogP contribution in [0.4, 0.5) is 0 Å². The van der Waals surface area contributed by atoms with Crippen LogP contribution in [0.5, 0.6) is 0 Å². The molecule has 0 N–H and O–H groups in total. The molecule has 0 saturated carbocycles. The zero-order valence-corrected chi connectivity index (χ0v) is 13.3. The van der Waals surface area contributed by atoms with Gasteiger partial charge in [0.2, 0.25) is 0 Å². The molecule has 1 aromatic carbocycles. The van der Waals surface area contributed by atoms with Crippen LogP contribution < -0.4 is 0 Å². The molecular weight excluding hydrogens is 327 g/mol. The summed E-state index contributed by atoms with van der Waals surface area (Å²) in [6.45, 7) is 2.02. The molecule has 21 heavy (non-hydrogen) atoms. The van der Waals surface area contributed by atoms with E-state index in [0.717, 1.165) is 17.5 Å². The van der Waals surface area contributed by atoms with Gasteiger partial charge in [-0.3, -0.25) is 4.79 Å². The molecule has 0 atom stereocenters. The molecule has 0 saturated heterocycles. The Balaban J connectivity index is 2.12. The van der Waals surface area contributed by atoms with E-state index in [4.69, 9.17) is 23.2 Å². The highest BCUT2D eigenvalue weighted by molar-refractivity contribution is 7.20. The SMILES string of the molecule is Cc1ccc(-n2cc(C=O)c(-c3cc(Cl)sc3Cl)n2)cc1. The van der Waals surface area contributed by atoms with E-state index in [1.165, 1.54) is 11.3 Å². The van der Waals surface area contributed by atoms with E-state index in [2.05, 4.69) is 5.10 Å². The monoisotopic (exact) mass is 336 g/mol. The molecule has 0 radical (unpaired) electrons. The van der Waals surface area contributed by atoms with Crippen LogP contribution in [0.2, 0.25) is 8.67 Å². The second-order valence-corrected chi connectivity index (χ2v) is 6.85. The number of carbonyl (C=O) groups is 1. The van der Waals surface area contributed by atoms with Gasteiger partial charge in [0.1, 0.15) is 10.0 Å². The zero-order valence-electron chi connectivity index (χ0n) is 11.0. The number of thiophene rings is 1. The minimum absolute atomic E-state index is 0.479. The van der Waals surface area contributed by atoms with Gasteiger partial charge in [-0.15, -0.1) is 11.3 Å².